The van der Waals surface area contributed by atoms with Gasteiger partial charge in [-0.15, -0.1) is 0 Å². The van der Waals surface area contributed by atoms with Crippen LogP contribution in [0, 0.1) is 5.82 Å². The number of carboxylic acids is 1. The molecule has 2 aromatic carbocycles. The van der Waals surface area contributed by atoms with Gasteiger partial charge in [-0.3, -0.25) is 4.79 Å². The Balaban J connectivity index is 2.16. The molecule has 0 aliphatic carbocycles. The molecule has 5 nitrogen and oxygen atoms in total. The SMILES string of the molecule is O=C(Cc1ccc(O)cc1)Nc1c(F)cccc1C(=O)O. The lowest BCUT2D eigenvalue weighted by molar-refractivity contribution is -0.115. The van der Waals surface area contributed by atoms with Crippen molar-refractivity contribution < 1.29 is 24.2 Å². The maximum atomic E-state index is 13.7. The van der Waals surface area contributed by atoms with Gasteiger partial charge < -0.3 is 15.5 Å². The minimum absolute atomic E-state index is 0.0618. The average Bonchev–Trinajstić information content (AvgIpc) is 2.43. The number of carboxylic acid groups (broad SMARTS) is 1. The van der Waals surface area contributed by atoms with E-state index in [-0.39, 0.29) is 23.4 Å². The van der Waals surface area contributed by atoms with Crippen LogP contribution in [0.15, 0.2) is 42.5 Å². The highest BCUT2D eigenvalue weighted by atomic mass is 19.1. The summed E-state index contributed by atoms with van der Waals surface area (Å²) in [6.45, 7) is 0. The van der Waals surface area contributed by atoms with Crippen molar-refractivity contribution in [2.24, 2.45) is 0 Å². The van der Waals surface area contributed by atoms with E-state index < -0.39 is 17.7 Å². The largest absolute Gasteiger partial charge is 0.508 e. The molecule has 2 aromatic rings. The van der Waals surface area contributed by atoms with Crippen LogP contribution < -0.4 is 5.32 Å². The number of aromatic hydroxyl groups is 1. The normalized spacial score (nSPS) is 10.1. The minimum Gasteiger partial charge on any atom is -0.508 e. The highest BCUT2D eigenvalue weighted by molar-refractivity contribution is 6.01. The van der Waals surface area contributed by atoms with E-state index in [1.54, 1.807) is 12.1 Å². The number of hydrogen-bond donors (Lipinski definition) is 3. The summed E-state index contributed by atoms with van der Waals surface area (Å²) in [6.07, 6.45) is -0.0618. The van der Waals surface area contributed by atoms with Gasteiger partial charge in [0.2, 0.25) is 5.91 Å². The maximum Gasteiger partial charge on any atom is 0.337 e. The molecule has 0 aliphatic heterocycles. The lowest BCUT2D eigenvalue weighted by Gasteiger charge is -2.09. The van der Waals surface area contributed by atoms with Gasteiger partial charge >= 0.3 is 5.97 Å². The van der Waals surface area contributed by atoms with Crippen LogP contribution in [0.25, 0.3) is 0 Å². The molecule has 0 unspecified atom stereocenters. The van der Waals surface area contributed by atoms with E-state index in [2.05, 4.69) is 5.32 Å². The number of halogens is 1. The van der Waals surface area contributed by atoms with Gasteiger partial charge in [0.1, 0.15) is 11.6 Å². The van der Waals surface area contributed by atoms with Gasteiger partial charge in [0, 0.05) is 0 Å². The maximum absolute atomic E-state index is 13.7. The summed E-state index contributed by atoms with van der Waals surface area (Å²) in [5.74, 6) is -2.61. The third-order valence-corrected chi connectivity index (χ3v) is 2.81. The Morgan fingerprint density at radius 1 is 1.10 bits per heavy atom. The second-order valence-corrected chi connectivity index (χ2v) is 4.36. The van der Waals surface area contributed by atoms with Gasteiger partial charge in [0.25, 0.3) is 0 Å². The van der Waals surface area contributed by atoms with Gasteiger partial charge in [0.15, 0.2) is 0 Å². The first kappa shape index (κ1) is 14.5. The number of rotatable bonds is 4. The summed E-state index contributed by atoms with van der Waals surface area (Å²) in [6, 6.07) is 9.49. The van der Waals surface area contributed by atoms with E-state index in [0.29, 0.717) is 5.56 Å². The molecule has 0 spiro atoms. The molecule has 0 saturated heterocycles. The fourth-order valence-electron chi connectivity index (χ4n) is 1.81. The highest BCUT2D eigenvalue weighted by Crippen LogP contribution is 2.20. The van der Waals surface area contributed by atoms with Crippen molar-refractivity contribution in [2.75, 3.05) is 5.32 Å². The Morgan fingerprint density at radius 2 is 1.76 bits per heavy atom. The van der Waals surface area contributed by atoms with Crippen LogP contribution in [0.4, 0.5) is 10.1 Å². The fraction of sp³-hybridized carbons (Fsp3) is 0.0667. The topological polar surface area (TPSA) is 86.6 Å². The number of para-hydroxylation sites is 1. The van der Waals surface area contributed by atoms with Crippen molar-refractivity contribution in [1.29, 1.82) is 0 Å². The van der Waals surface area contributed by atoms with E-state index in [4.69, 9.17) is 10.2 Å². The zero-order valence-corrected chi connectivity index (χ0v) is 10.8. The molecule has 108 valence electrons. The van der Waals surface area contributed by atoms with Crippen LogP contribution in [0.3, 0.4) is 0 Å². The summed E-state index contributed by atoms with van der Waals surface area (Å²) in [5, 5.41) is 20.4. The number of phenolic OH excluding ortho intramolecular Hbond substituents is 1. The Kier molecular flexibility index (Phi) is 4.18. The van der Waals surface area contributed by atoms with Crippen LogP contribution in [0.2, 0.25) is 0 Å². The number of phenols is 1. The van der Waals surface area contributed by atoms with Gasteiger partial charge in [-0.25, -0.2) is 9.18 Å². The number of amides is 1. The van der Waals surface area contributed by atoms with Crippen LogP contribution >= 0.6 is 0 Å². The monoisotopic (exact) mass is 289 g/mol. The molecular formula is C15H12FNO4. The smallest absolute Gasteiger partial charge is 0.337 e. The number of anilines is 1. The molecule has 1 amide bonds. The van der Waals surface area contributed by atoms with Gasteiger partial charge in [-0.05, 0) is 29.8 Å². The molecule has 0 aliphatic rings. The van der Waals surface area contributed by atoms with Crippen molar-refractivity contribution in [1.82, 2.24) is 0 Å². The molecule has 0 aromatic heterocycles. The number of carbonyl (C=O) groups excluding carboxylic acids is 1. The highest BCUT2D eigenvalue weighted by Gasteiger charge is 2.16. The molecule has 21 heavy (non-hydrogen) atoms. The van der Waals surface area contributed by atoms with Crippen LogP contribution in [0.1, 0.15) is 15.9 Å². The van der Waals surface area contributed by atoms with Crippen LogP contribution in [-0.2, 0) is 11.2 Å². The Bertz CT molecular complexity index is 683. The summed E-state index contributed by atoms with van der Waals surface area (Å²) >= 11 is 0. The predicted octanol–water partition coefficient (Wildman–Crippen LogP) is 2.41. The Labute approximate surface area is 119 Å². The molecule has 0 saturated carbocycles. The molecule has 0 fully saturated rings. The number of nitrogens with one attached hydrogen (secondary N) is 1. The third-order valence-electron chi connectivity index (χ3n) is 2.81. The van der Waals surface area contributed by atoms with E-state index in [1.807, 2.05) is 0 Å². The molecule has 0 radical (unpaired) electrons. The van der Waals surface area contributed by atoms with Crippen molar-refractivity contribution >= 4 is 17.6 Å². The summed E-state index contributed by atoms with van der Waals surface area (Å²) in [5.41, 5.74) is -0.0543. The van der Waals surface area contributed by atoms with Crippen molar-refractivity contribution in [3.05, 3.63) is 59.4 Å². The Hall–Kier alpha value is -2.89. The van der Waals surface area contributed by atoms with Gasteiger partial charge in [-0.2, -0.15) is 0 Å². The molecule has 0 atom stereocenters. The van der Waals surface area contributed by atoms with Gasteiger partial charge in [-0.1, -0.05) is 18.2 Å². The molecule has 3 N–H and O–H groups in total. The van der Waals surface area contributed by atoms with Crippen LogP contribution in [-0.4, -0.2) is 22.1 Å². The van der Waals surface area contributed by atoms with E-state index in [1.165, 1.54) is 24.3 Å². The molecule has 2 rings (SSSR count). The second-order valence-electron chi connectivity index (χ2n) is 4.36. The lowest BCUT2D eigenvalue weighted by atomic mass is 10.1. The number of carbonyl (C=O) groups is 2. The quantitative estimate of drug-likeness (QED) is 0.806. The standard InChI is InChI=1S/C15H12FNO4/c16-12-3-1-2-11(15(20)21)14(12)17-13(19)8-9-4-6-10(18)7-5-9/h1-7,18H,8H2,(H,17,19)(H,20,21). The van der Waals surface area contributed by atoms with Crippen molar-refractivity contribution in [2.45, 2.75) is 6.42 Å². The number of aromatic carboxylic acids is 1. The van der Waals surface area contributed by atoms with Crippen molar-refractivity contribution in [3.63, 3.8) is 0 Å². The fourth-order valence-corrected chi connectivity index (χ4v) is 1.81. The lowest BCUT2D eigenvalue weighted by Crippen LogP contribution is -2.18. The second kappa shape index (κ2) is 6.04. The average molecular weight is 289 g/mol. The molecule has 6 heteroatoms. The zero-order chi connectivity index (χ0) is 15.4. The van der Waals surface area contributed by atoms with Crippen LogP contribution in [0.5, 0.6) is 5.75 Å². The molecular weight excluding hydrogens is 277 g/mol. The first-order chi connectivity index (χ1) is 9.97. The summed E-state index contributed by atoms with van der Waals surface area (Å²) < 4.78 is 13.7. The van der Waals surface area contributed by atoms with Gasteiger partial charge in [0.05, 0.1) is 17.7 Å². The van der Waals surface area contributed by atoms with E-state index in [9.17, 15) is 14.0 Å². The van der Waals surface area contributed by atoms with Crippen molar-refractivity contribution in [3.8, 4) is 5.75 Å². The predicted molar refractivity (Wildman–Crippen MR) is 73.8 cm³/mol. The first-order valence-corrected chi connectivity index (χ1v) is 6.07. The molecule has 0 bridgehead atoms. The van der Waals surface area contributed by atoms with E-state index >= 15 is 0 Å². The minimum atomic E-state index is -1.32. The summed E-state index contributed by atoms with van der Waals surface area (Å²) in [7, 11) is 0. The number of hydrogen-bond acceptors (Lipinski definition) is 3. The Morgan fingerprint density at radius 3 is 2.38 bits per heavy atom. The third kappa shape index (κ3) is 3.56. The zero-order valence-electron chi connectivity index (χ0n) is 10.8. The molecule has 0 heterocycles. The first-order valence-electron chi connectivity index (χ1n) is 6.07. The number of benzene rings is 2. The summed E-state index contributed by atoms with van der Waals surface area (Å²) in [4.78, 5) is 22.9. The van der Waals surface area contributed by atoms with E-state index in [0.717, 1.165) is 6.07 Å².